The molecular weight excluding hydrogens is 270 g/mol. The zero-order valence-electron chi connectivity index (χ0n) is 11.8. The highest BCUT2D eigenvalue weighted by molar-refractivity contribution is 5.80. The Bertz CT molecular complexity index is 630. The summed E-state index contributed by atoms with van der Waals surface area (Å²) in [6.07, 6.45) is 0.760. The molecule has 21 heavy (non-hydrogen) atoms. The van der Waals surface area contributed by atoms with Crippen LogP contribution in [0.4, 0.5) is 0 Å². The van der Waals surface area contributed by atoms with Crippen LogP contribution < -0.4 is 4.74 Å². The lowest BCUT2D eigenvalue weighted by atomic mass is 10.2. The highest BCUT2D eigenvalue weighted by Crippen LogP contribution is 2.14. The Labute approximate surface area is 122 Å². The first kappa shape index (κ1) is 14.5. The van der Waals surface area contributed by atoms with Gasteiger partial charge in [-0.05, 0) is 31.2 Å². The Morgan fingerprint density at radius 1 is 1.48 bits per heavy atom. The van der Waals surface area contributed by atoms with Gasteiger partial charge in [0.15, 0.2) is 6.10 Å². The Morgan fingerprint density at radius 2 is 2.19 bits per heavy atom. The zero-order valence-corrected chi connectivity index (χ0v) is 11.8. The third-order valence-electron chi connectivity index (χ3n) is 2.87. The number of aromatic nitrogens is 3. The summed E-state index contributed by atoms with van der Waals surface area (Å²) >= 11 is 0. The average Bonchev–Trinajstić information content (AvgIpc) is 3.00. The number of nitrogens with zero attached hydrogens (tertiary/aromatic N) is 4. The number of benzene rings is 1. The minimum atomic E-state index is -0.633. The Hall–Kier alpha value is -2.88. The lowest BCUT2D eigenvalue weighted by Crippen LogP contribution is -2.37. The van der Waals surface area contributed by atoms with Crippen molar-refractivity contribution in [3.63, 3.8) is 0 Å². The summed E-state index contributed by atoms with van der Waals surface area (Å²) in [4.78, 5) is 17.7. The Morgan fingerprint density at radius 3 is 2.76 bits per heavy atom. The number of aromatic amines is 1. The maximum absolute atomic E-state index is 12.2. The number of ether oxygens (including phenoxy) is 1. The zero-order chi connectivity index (χ0) is 15.2. The molecule has 1 N–H and O–H groups in total. The molecule has 1 aromatic heterocycles. The van der Waals surface area contributed by atoms with E-state index in [9.17, 15) is 4.79 Å². The maximum Gasteiger partial charge on any atom is 0.263 e. The van der Waals surface area contributed by atoms with Crippen LogP contribution in [0.15, 0.2) is 30.6 Å². The minimum Gasteiger partial charge on any atom is -0.481 e. The molecule has 1 amide bonds. The maximum atomic E-state index is 12.2. The lowest BCUT2D eigenvalue weighted by molar-refractivity contribution is -0.137. The van der Waals surface area contributed by atoms with Gasteiger partial charge in [0, 0.05) is 7.05 Å². The fourth-order valence-electron chi connectivity index (χ4n) is 1.78. The number of hydrogen-bond acceptors (Lipinski definition) is 5. The van der Waals surface area contributed by atoms with Gasteiger partial charge in [-0.1, -0.05) is 0 Å². The molecule has 0 saturated heterocycles. The van der Waals surface area contributed by atoms with E-state index in [0.717, 1.165) is 0 Å². The number of carbonyl (C=O) groups is 1. The van der Waals surface area contributed by atoms with E-state index in [1.807, 2.05) is 6.07 Å². The van der Waals surface area contributed by atoms with Crippen molar-refractivity contribution in [2.75, 3.05) is 7.05 Å². The van der Waals surface area contributed by atoms with Gasteiger partial charge in [-0.2, -0.15) is 10.4 Å². The standard InChI is InChI=1S/C14H15N5O2/c1-10(21-12-5-3-11(7-15)4-6-12)14(20)19(2)8-13-16-9-17-18-13/h3-6,9-10H,8H2,1-2H3,(H,16,17,18). The molecule has 0 aliphatic rings. The van der Waals surface area contributed by atoms with Crippen LogP contribution in [0.2, 0.25) is 0 Å². The van der Waals surface area contributed by atoms with Crippen LogP contribution in [0.1, 0.15) is 18.3 Å². The van der Waals surface area contributed by atoms with Crippen molar-refractivity contribution in [3.05, 3.63) is 42.0 Å². The highest BCUT2D eigenvalue weighted by Gasteiger charge is 2.20. The molecular formula is C14H15N5O2. The van der Waals surface area contributed by atoms with Gasteiger partial charge in [-0.3, -0.25) is 9.89 Å². The van der Waals surface area contributed by atoms with Crippen LogP contribution in [-0.4, -0.2) is 39.1 Å². The molecule has 0 bridgehead atoms. The number of likely N-dealkylation sites (N-methyl/N-ethyl adjacent to an activating group) is 1. The smallest absolute Gasteiger partial charge is 0.263 e. The first-order chi connectivity index (χ1) is 10.1. The summed E-state index contributed by atoms with van der Waals surface area (Å²) in [5, 5.41) is 15.2. The van der Waals surface area contributed by atoms with Crippen molar-refractivity contribution in [2.45, 2.75) is 19.6 Å². The Balaban J connectivity index is 1.93. The molecule has 1 aromatic carbocycles. The number of nitriles is 1. The SMILES string of the molecule is CC(Oc1ccc(C#N)cc1)C(=O)N(C)Cc1ncn[nH]1. The predicted molar refractivity (Wildman–Crippen MR) is 74.1 cm³/mol. The van der Waals surface area contributed by atoms with E-state index < -0.39 is 6.10 Å². The van der Waals surface area contributed by atoms with Crippen LogP contribution >= 0.6 is 0 Å². The number of hydrogen-bond donors (Lipinski definition) is 1. The number of rotatable bonds is 5. The highest BCUT2D eigenvalue weighted by atomic mass is 16.5. The van der Waals surface area contributed by atoms with Crippen molar-refractivity contribution in [1.29, 1.82) is 5.26 Å². The molecule has 2 rings (SSSR count). The van der Waals surface area contributed by atoms with E-state index in [1.54, 1.807) is 38.2 Å². The molecule has 2 aromatic rings. The van der Waals surface area contributed by atoms with Crippen LogP contribution in [0.25, 0.3) is 0 Å². The molecule has 0 saturated carbocycles. The minimum absolute atomic E-state index is 0.171. The summed E-state index contributed by atoms with van der Waals surface area (Å²) in [5.41, 5.74) is 0.545. The van der Waals surface area contributed by atoms with Crippen LogP contribution in [0.3, 0.4) is 0 Å². The quantitative estimate of drug-likeness (QED) is 0.887. The molecule has 108 valence electrons. The van der Waals surface area contributed by atoms with Gasteiger partial charge in [-0.25, -0.2) is 4.98 Å². The number of amides is 1. The topological polar surface area (TPSA) is 94.9 Å². The van der Waals surface area contributed by atoms with Gasteiger partial charge < -0.3 is 9.64 Å². The molecule has 1 atom stereocenters. The molecule has 0 radical (unpaired) electrons. The van der Waals surface area contributed by atoms with E-state index >= 15 is 0 Å². The van der Waals surface area contributed by atoms with Gasteiger partial charge in [0.1, 0.15) is 17.9 Å². The van der Waals surface area contributed by atoms with E-state index in [-0.39, 0.29) is 5.91 Å². The van der Waals surface area contributed by atoms with Crippen molar-refractivity contribution >= 4 is 5.91 Å². The third kappa shape index (κ3) is 3.79. The molecule has 1 heterocycles. The van der Waals surface area contributed by atoms with Crippen LogP contribution in [0.5, 0.6) is 5.75 Å². The fourth-order valence-corrected chi connectivity index (χ4v) is 1.78. The average molecular weight is 285 g/mol. The first-order valence-corrected chi connectivity index (χ1v) is 6.36. The second-order valence-electron chi connectivity index (χ2n) is 4.52. The monoisotopic (exact) mass is 285 g/mol. The van der Waals surface area contributed by atoms with Crippen molar-refractivity contribution in [1.82, 2.24) is 20.1 Å². The van der Waals surface area contributed by atoms with Crippen LogP contribution in [-0.2, 0) is 11.3 Å². The van der Waals surface area contributed by atoms with Crippen molar-refractivity contribution < 1.29 is 9.53 Å². The van der Waals surface area contributed by atoms with Gasteiger partial charge in [-0.15, -0.1) is 0 Å². The lowest BCUT2D eigenvalue weighted by Gasteiger charge is -2.21. The molecule has 0 aliphatic carbocycles. The second kappa shape index (κ2) is 6.52. The van der Waals surface area contributed by atoms with Gasteiger partial charge in [0.05, 0.1) is 18.2 Å². The first-order valence-electron chi connectivity index (χ1n) is 6.36. The number of carbonyl (C=O) groups excluding carboxylic acids is 1. The van der Waals surface area contributed by atoms with Gasteiger partial charge in [0.2, 0.25) is 0 Å². The molecule has 7 heteroatoms. The van der Waals surface area contributed by atoms with Crippen molar-refractivity contribution in [3.8, 4) is 11.8 Å². The summed E-state index contributed by atoms with van der Waals surface area (Å²) in [7, 11) is 1.67. The van der Waals surface area contributed by atoms with Gasteiger partial charge in [0.25, 0.3) is 5.91 Å². The van der Waals surface area contributed by atoms with E-state index in [2.05, 4.69) is 15.2 Å². The largest absolute Gasteiger partial charge is 0.481 e. The number of nitrogens with one attached hydrogen (secondary N) is 1. The Kier molecular flexibility index (Phi) is 4.51. The summed E-state index contributed by atoms with van der Waals surface area (Å²) in [5.74, 6) is 0.982. The van der Waals surface area contributed by atoms with E-state index in [4.69, 9.17) is 10.00 Å². The second-order valence-corrected chi connectivity index (χ2v) is 4.52. The number of H-pyrrole nitrogens is 1. The molecule has 0 spiro atoms. The molecule has 0 aliphatic heterocycles. The van der Waals surface area contributed by atoms with E-state index in [0.29, 0.717) is 23.7 Å². The molecule has 0 fully saturated rings. The third-order valence-corrected chi connectivity index (χ3v) is 2.87. The summed E-state index contributed by atoms with van der Waals surface area (Å²) < 4.78 is 5.57. The van der Waals surface area contributed by atoms with E-state index in [1.165, 1.54) is 11.2 Å². The summed E-state index contributed by atoms with van der Waals surface area (Å²) in [6.45, 7) is 2.01. The van der Waals surface area contributed by atoms with Crippen LogP contribution in [0, 0.1) is 11.3 Å². The van der Waals surface area contributed by atoms with Gasteiger partial charge >= 0.3 is 0 Å². The molecule has 7 nitrogen and oxygen atoms in total. The molecule has 1 unspecified atom stereocenters. The fraction of sp³-hybridized carbons (Fsp3) is 0.286. The van der Waals surface area contributed by atoms with Crippen molar-refractivity contribution in [2.24, 2.45) is 0 Å². The normalized spacial score (nSPS) is 11.5. The predicted octanol–water partition coefficient (Wildman–Crippen LogP) is 1.10. The summed E-state index contributed by atoms with van der Waals surface area (Å²) in [6, 6.07) is 8.64.